The van der Waals surface area contributed by atoms with Gasteiger partial charge in [-0.3, -0.25) is 9.59 Å². The fourth-order valence-corrected chi connectivity index (χ4v) is 5.21. The first kappa shape index (κ1) is 19.3. The van der Waals surface area contributed by atoms with Crippen molar-refractivity contribution in [2.24, 2.45) is 0 Å². The van der Waals surface area contributed by atoms with Crippen molar-refractivity contribution in [2.75, 3.05) is 13.6 Å². The summed E-state index contributed by atoms with van der Waals surface area (Å²) in [5.74, 6) is -0.275. The fraction of sp³-hybridized carbons (Fsp3) is 0.409. The summed E-state index contributed by atoms with van der Waals surface area (Å²) in [6.45, 7) is 3.86. The van der Waals surface area contributed by atoms with E-state index in [1.807, 2.05) is 25.1 Å². The molecule has 0 bridgehead atoms. The van der Waals surface area contributed by atoms with Gasteiger partial charge in [-0.2, -0.15) is 0 Å². The van der Waals surface area contributed by atoms with Gasteiger partial charge >= 0.3 is 0 Å². The van der Waals surface area contributed by atoms with Crippen LogP contribution in [0.5, 0.6) is 0 Å². The van der Waals surface area contributed by atoms with Crippen LogP contribution in [0.25, 0.3) is 10.9 Å². The molecule has 8 heteroatoms. The molecule has 1 fully saturated rings. The van der Waals surface area contributed by atoms with E-state index in [-0.39, 0.29) is 23.9 Å². The van der Waals surface area contributed by atoms with Crippen molar-refractivity contribution in [2.45, 2.75) is 44.8 Å². The number of nitrogens with one attached hydrogen (secondary N) is 3. The molecule has 2 atom stereocenters. The molecule has 2 aliphatic rings. The lowest BCUT2D eigenvalue weighted by Crippen LogP contribution is -2.58. The third kappa shape index (κ3) is 3.61. The van der Waals surface area contributed by atoms with E-state index >= 15 is 0 Å². The number of carbonyl (C=O) groups is 2. The van der Waals surface area contributed by atoms with Crippen LogP contribution in [0.15, 0.2) is 24.3 Å². The van der Waals surface area contributed by atoms with E-state index in [9.17, 15) is 9.59 Å². The number of hydrogen-bond donors (Lipinski definition) is 3. The normalized spacial score (nSPS) is 21.1. The summed E-state index contributed by atoms with van der Waals surface area (Å²) >= 11 is 1.48. The molecule has 2 amide bonds. The lowest BCUT2D eigenvalue weighted by atomic mass is 9.86. The molecule has 0 spiro atoms. The standard InChI is InChI=1S/C22H25N5O2S/c1-12-3-4-14-13(9-12)10-18(23-14)20(28)24-15-5-6-16(15)25-21(29)22-26-17-7-8-27(2)11-19(17)30-22/h3-4,9-10,15-16,23H,5-8,11H2,1-2H3,(H,24,28)(H,25,29)/t15-,16+/m1/s1. The van der Waals surface area contributed by atoms with E-state index in [1.165, 1.54) is 16.2 Å². The molecular weight excluding hydrogens is 398 g/mol. The molecule has 0 saturated heterocycles. The number of hydrogen-bond acceptors (Lipinski definition) is 5. The summed E-state index contributed by atoms with van der Waals surface area (Å²) in [7, 11) is 2.08. The first-order chi connectivity index (χ1) is 14.5. The minimum Gasteiger partial charge on any atom is -0.351 e. The monoisotopic (exact) mass is 423 g/mol. The van der Waals surface area contributed by atoms with Gasteiger partial charge in [-0.25, -0.2) is 4.98 Å². The van der Waals surface area contributed by atoms with Crippen molar-refractivity contribution in [1.82, 2.24) is 25.5 Å². The van der Waals surface area contributed by atoms with Crippen LogP contribution < -0.4 is 10.6 Å². The fourth-order valence-electron chi connectivity index (χ4n) is 4.12. The summed E-state index contributed by atoms with van der Waals surface area (Å²) in [5, 5.41) is 7.68. The number of aromatic nitrogens is 2. The van der Waals surface area contributed by atoms with Gasteiger partial charge < -0.3 is 20.5 Å². The maximum atomic E-state index is 12.7. The number of aromatic amines is 1. The van der Waals surface area contributed by atoms with Gasteiger partial charge in [0, 0.05) is 47.4 Å². The van der Waals surface area contributed by atoms with Crippen LogP contribution in [0.4, 0.5) is 0 Å². The van der Waals surface area contributed by atoms with Crippen LogP contribution in [0, 0.1) is 6.92 Å². The zero-order valence-corrected chi connectivity index (χ0v) is 17.9. The van der Waals surface area contributed by atoms with Crippen molar-refractivity contribution < 1.29 is 9.59 Å². The van der Waals surface area contributed by atoms with E-state index in [0.717, 1.165) is 54.5 Å². The maximum absolute atomic E-state index is 12.7. The largest absolute Gasteiger partial charge is 0.351 e. The van der Waals surface area contributed by atoms with Gasteiger partial charge in [0.1, 0.15) is 5.69 Å². The van der Waals surface area contributed by atoms with Gasteiger partial charge in [0.2, 0.25) is 0 Å². The molecule has 1 aromatic carbocycles. The molecular formula is C22H25N5O2S. The average molecular weight is 424 g/mol. The van der Waals surface area contributed by atoms with Crippen LogP contribution in [-0.4, -0.2) is 52.4 Å². The number of amides is 2. The Hall–Kier alpha value is -2.71. The Kier molecular flexibility index (Phi) is 4.83. The van der Waals surface area contributed by atoms with Crippen molar-refractivity contribution >= 4 is 34.1 Å². The molecule has 1 aliphatic heterocycles. The summed E-state index contributed by atoms with van der Waals surface area (Å²) < 4.78 is 0. The number of likely N-dealkylation sites (N-methyl/N-ethyl adjacent to an activating group) is 1. The summed E-state index contributed by atoms with van der Waals surface area (Å²) in [6, 6.07) is 7.82. The highest BCUT2D eigenvalue weighted by Crippen LogP contribution is 2.26. The number of nitrogens with zero attached hydrogens (tertiary/aromatic N) is 2. The van der Waals surface area contributed by atoms with Crippen LogP contribution in [-0.2, 0) is 13.0 Å². The highest BCUT2D eigenvalue weighted by molar-refractivity contribution is 7.13. The number of thiazole rings is 1. The van der Waals surface area contributed by atoms with Gasteiger partial charge in [-0.1, -0.05) is 11.6 Å². The van der Waals surface area contributed by atoms with Crippen LogP contribution >= 0.6 is 11.3 Å². The molecule has 1 saturated carbocycles. The van der Waals surface area contributed by atoms with Crippen LogP contribution in [0.3, 0.4) is 0 Å². The number of H-pyrrole nitrogens is 1. The maximum Gasteiger partial charge on any atom is 0.280 e. The Morgan fingerprint density at radius 2 is 1.93 bits per heavy atom. The lowest BCUT2D eigenvalue weighted by molar-refractivity contribution is 0.0826. The highest BCUT2D eigenvalue weighted by atomic mass is 32.1. The molecule has 30 heavy (non-hydrogen) atoms. The molecule has 1 aliphatic carbocycles. The van der Waals surface area contributed by atoms with Crippen molar-refractivity contribution in [3.63, 3.8) is 0 Å². The van der Waals surface area contributed by atoms with E-state index in [2.05, 4.69) is 38.6 Å². The zero-order valence-electron chi connectivity index (χ0n) is 17.1. The highest BCUT2D eigenvalue weighted by Gasteiger charge is 2.34. The summed E-state index contributed by atoms with van der Waals surface area (Å²) in [5.41, 5.74) is 3.70. The van der Waals surface area contributed by atoms with Gasteiger partial charge in [-0.05, 0) is 45.0 Å². The van der Waals surface area contributed by atoms with Crippen molar-refractivity contribution in [1.29, 1.82) is 0 Å². The third-order valence-electron chi connectivity index (χ3n) is 6.04. The number of fused-ring (bicyclic) bond motifs is 2. The van der Waals surface area contributed by atoms with E-state index < -0.39 is 0 Å². The second-order valence-electron chi connectivity index (χ2n) is 8.39. The first-order valence-corrected chi connectivity index (χ1v) is 11.2. The Morgan fingerprint density at radius 3 is 2.70 bits per heavy atom. The Morgan fingerprint density at radius 1 is 1.17 bits per heavy atom. The molecule has 156 valence electrons. The summed E-state index contributed by atoms with van der Waals surface area (Å²) in [6.07, 6.45) is 2.60. The molecule has 3 aromatic rings. The second kappa shape index (κ2) is 7.52. The molecule has 5 rings (SSSR count). The van der Waals surface area contributed by atoms with Gasteiger partial charge in [-0.15, -0.1) is 11.3 Å². The first-order valence-electron chi connectivity index (χ1n) is 10.3. The Balaban J connectivity index is 1.22. The van der Waals surface area contributed by atoms with Crippen molar-refractivity contribution in [3.8, 4) is 0 Å². The average Bonchev–Trinajstić information content (AvgIpc) is 3.32. The van der Waals surface area contributed by atoms with Crippen LogP contribution in [0.1, 0.15) is 49.3 Å². The predicted molar refractivity (Wildman–Crippen MR) is 117 cm³/mol. The molecule has 3 N–H and O–H groups in total. The SMILES string of the molecule is Cc1ccc2[nH]c(C(=O)N[C@@H]3CC[C@@H]3NC(=O)c3nc4c(s3)CN(C)CC4)cc2c1. The van der Waals surface area contributed by atoms with Crippen LogP contribution in [0.2, 0.25) is 0 Å². The second-order valence-corrected chi connectivity index (χ2v) is 9.47. The lowest BCUT2D eigenvalue weighted by Gasteiger charge is -2.37. The Labute approximate surface area is 178 Å². The molecule has 0 unspecified atom stereocenters. The minimum absolute atomic E-state index is 0.0586. The smallest absolute Gasteiger partial charge is 0.280 e. The molecule has 3 heterocycles. The Bertz CT molecular complexity index is 1130. The molecule has 7 nitrogen and oxygen atoms in total. The molecule has 0 radical (unpaired) electrons. The van der Waals surface area contributed by atoms with Gasteiger partial charge in [0.05, 0.1) is 5.69 Å². The zero-order chi connectivity index (χ0) is 20.8. The van der Waals surface area contributed by atoms with Gasteiger partial charge in [0.25, 0.3) is 11.8 Å². The van der Waals surface area contributed by atoms with E-state index in [0.29, 0.717) is 10.7 Å². The quantitative estimate of drug-likeness (QED) is 0.602. The molecule has 2 aromatic heterocycles. The minimum atomic E-state index is -0.138. The predicted octanol–water partition coefficient (Wildman–Crippen LogP) is 2.61. The van der Waals surface area contributed by atoms with E-state index in [4.69, 9.17) is 0 Å². The number of benzene rings is 1. The van der Waals surface area contributed by atoms with Crippen molar-refractivity contribution in [3.05, 3.63) is 51.1 Å². The third-order valence-corrected chi connectivity index (χ3v) is 7.13. The summed E-state index contributed by atoms with van der Waals surface area (Å²) in [4.78, 5) is 36.5. The number of rotatable bonds is 4. The van der Waals surface area contributed by atoms with Gasteiger partial charge in [0.15, 0.2) is 5.01 Å². The van der Waals surface area contributed by atoms with E-state index in [1.54, 1.807) is 0 Å². The topological polar surface area (TPSA) is 90.1 Å². The number of carbonyl (C=O) groups excluding carboxylic acids is 2. The number of aryl methyl sites for hydroxylation is 1.